The first-order valence-electron chi connectivity index (χ1n) is 11.8. The van der Waals surface area contributed by atoms with Crippen molar-refractivity contribution in [2.45, 2.75) is 50.1 Å². The highest BCUT2D eigenvalue weighted by Crippen LogP contribution is 2.38. The summed E-state index contributed by atoms with van der Waals surface area (Å²) >= 11 is 1.44. The Bertz CT molecular complexity index is 827. The molecule has 8 nitrogen and oxygen atoms in total. The maximum atomic E-state index is 13.6. The molecule has 0 radical (unpaired) electrons. The van der Waals surface area contributed by atoms with E-state index in [9.17, 15) is 14.4 Å². The SMILES string of the molecule is CC(C)CC[C@]1(C2CCN(C(=O)CSc3ccccn3)CC2)NC(=O)N(CCN(C)C)C1=O. The van der Waals surface area contributed by atoms with E-state index in [0.29, 0.717) is 57.1 Å². The minimum absolute atomic E-state index is 0.0320. The van der Waals surface area contributed by atoms with Gasteiger partial charge in [-0.05, 0) is 63.7 Å². The summed E-state index contributed by atoms with van der Waals surface area (Å²) in [5.41, 5.74) is -0.856. The van der Waals surface area contributed by atoms with E-state index in [-0.39, 0.29) is 23.8 Å². The number of hydrogen-bond acceptors (Lipinski definition) is 6. The molecule has 2 aliphatic heterocycles. The molecule has 1 N–H and O–H groups in total. The van der Waals surface area contributed by atoms with Crippen molar-refractivity contribution in [3.63, 3.8) is 0 Å². The predicted octanol–water partition coefficient (Wildman–Crippen LogP) is 2.70. The molecule has 2 fully saturated rings. The van der Waals surface area contributed by atoms with Gasteiger partial charge in [0, 0.05) is 32.4 Å². The number of nitrogens with one attached hydrogen (secondary N) is 1. The molecule has 3 heterocycles. The Hall–Kier alpha value is -2.13. The van der Waals surface area contributed by atoms with E-state index in [1.807, 2.05) is 42.1 Å². The van der Waals surface area contributed by atoms with E-state index in [4.69, 9.17) is 0 Å². The number of likely N-dealkylation sites (tertiary alicyclic amines) is 1. The average molecular weight is 476 g/mol. The van der Waals surface area contributed by atoms with Crippen LogP contribution < -0.4 is 5.32 Å². The largest absolute Gasteiger partial charge is 0.342 e. The van der Waals surface area contributed by atoms with Gasteiger partial charge in [-0.2, -0.15) is 0 Å². The second kappa shape index (κ2) is 11.3. The van der Waals surface area contributed by atoms with Gasteiger partial charge in [0.1, 0.15) is 5.54 Å². The summed E-state index contributed by atoms with van der Waals surface area (Å²) in [7, 11) is 3.87. The Morgan fingerprint density at radius 3 is 2.61 bits per heavy atom. The number of carbonyl (C=O) groups is 3. The van der Waals surface area contributed by atoms with Crippen molar-refractivity contribution in [3.05, 3.63) is 24.4 Å². The van der Waals surface area contributed by atoms with Crippen LogP contribution in [0.2, 0.25) is 0 Å². The maximum Gasteiger partial charge on any atom is 0.325 e. The van der Waals surface area contributed by atoms with Gasteiger partial charge < -0.3 is 15.1 Å². The van der Waals surface area contributed by atoms with Gasteiger partial charge in [-0.3, -0.25) is 14.5 Å². The normalized spacial score (nSPS) is 21.9. The molecule has 0 aromatic carbocycles. The van der Waals surface area contributed by atoms with E-state index < -0.39 is 5.54 Å². The van der Waals surface area contributed by atoms with Gasteiger partial charge in [0.05, 0.1) is 10.8 Å². The molecule has 33 heavy (non-hydrogen) atoms. The molecule has 2 saturated heterocycles. The summed E-state index contributed by atoms with van der Waals surface area (Å²) in [6.07, 6.45) is 4.66. The summed E-state index contributed by atoms with van der Waals surface area (Å²) in [5.74, 6) is 0.825. The number of nitrogens with zero attached hydrogens (tertiary/aromatic N) is 4. The number of carbonyl (C=O) groups excluding carboxylic acids is 3. The summed E-state index contributed by atoms with van der Waals surface area (Å²) in [6.45, 7) is 6.52. The number of rotatable bonds is 10. The molecule has 182 valence electrons. The first-order chi connectivity index (χ1) is 15.7. The van der Waals surface area contributed by atoms with Crippen molar-refractivity contribution in [1.29, 1.82) is 0 Å². The molecule has 4 amide bonds. The van der Waals surface area contributed by atoms with Crippen molar-refractivity contribution in [3.8, 4) is 0 Å². The third kappa shape index (κ3) is 6.26. The Balaban J connectivity index is 1.64. The fourth-order valence-electron chi connectivity index (χ4n) is 4.60. The molecule has 0 saturated carbocycles. The standard InChI is InChI=1S/C24H37N5O3S/c1-18(2)8-11-24(22(31)29(23(32)26-24)16-15-27(3)4)19-9-13-28(14-10-19)21(30)17-33-20-7-5-6-12-25-20/h5-7,12,18-19H,8-11,13-17H2,1-4H3,(H,26,32)/t24-/m1/s1. The van der Waals surface area contributed by atoms with Crippen molar-refractivity contribution in [1.82, 2.24) is 25.0 Å². The van der Waals surface area contributed by atoms with Crippen LogP contribution in [0.25, 0.3) is 0 Å². The Labute approximate surface area is 201 Å². The molecule has 9 heteroatoms. The molecular formula is C24H37N5O3S. The Kier molecular flexibility index (Phi) is 8.75. The summed E-state index contributed by atoms with van der Waals surface area (Å²) in [6, 6.07) is 5.39. The van der Waals surface area contributed by atoms with Crippen molar-refractivity contribution < 1.29 is 14.4 Å². The van der Waals surface area contributed by atoms with E-state index in [0.717, 1.165) is 11.4 Å². The molecule has 0 spiro atoms. The highest BCUT2D eigenvalue weighted by molar-refractivity contribution is 7.99. The van der Waals surface area contributed by atoms with Gasteiger partial charge in [-0.15, -0.1) is 0 Å². The predicted molar refractivity (Wildman–Crippen MR) is 130 cm³/mol. The zero-order valence-electron chi connectivity index (χ0n) is 20.2. The van der Waals surface area contributed by atoms with Crippen LogP contribution in [0.15, 0.2) is 29.4 Å². The second-order valence-corrected chi connectivity index (χ2v) is 10.7. The van der Waals surface area contributed by atoms with E-state index >= 15 is 0 Å². The second-order valence-electron chi connectivity index (χ2n) is 9.71. The maximum absolute atomic E-state index is 13.6. The molecule has 3 rings (SSSR count). The smallest absolute Gasteiger partial charge is 0.325 e. The highest BCUT2D eigenvalue weighted by atomic mass is 32.2. The summed E-state index contributed by atoms with van der Waals surface area (Å²) in [5, 5.41) is 3.95. The molecule has 0 aliphatic carbocycles. The van der Waals surface area contributed by atoms with Crippen molar-refractivity contribution >= 4 is 29.6 Å². The number of piperidine rings is 1. The van der Waals surface area contributed by atoms with Crippen molar-refractivity contribution in [2.75, 3.05) is 46.0 Å². The molecule has 0 bridgehead atoms. The van der Waals surface area contributed by atoms with E-state index in [1.165, 1.54) is 16.7 Å². The first-order valence-corrected chi connectivity index (χ1v) is 12.8. The third-order valence-corrected chi connectivity index (χ3v) is 7.54. The number of pyridine rings is 1. The zero-order valence-corrected chi connectivity index (χ0v) is 21.1. The van der Waals surface area contributed by atoms with Crippen LogP contribution in [0.4, 0.5) is 4.79 Å². The number of amides is 4. The minimum Gasteiger partial charge on any atom is -0.342 e. The number of imide groups is 1. The van der Waals surface area contributed by atoms with Crippen LogP contribution in [-0.2, 0) is 9.59 Å². The number of hydrogen-bond donors (Lipinski definition) is 1. The molecular weight excluding hydrogens is 438 g/mol. The average Bonchev–Trinajstić information content (AvgIpc) is 3.05. The van der Waals surface area contributed by atoms with E-state index in [2.05, 4.69) is 24.1 Å². The van der Waals surface area contributed by atoms with Crippen LogP contribution >= 0.6 is 11.8 Å². The monoisotopic (exact) mass is 475 g/mol. The fraction of sp³-hybridized carbons (Fsp3) is 0.667. The molecule has 1 aromatic heterocycles. The van der Waals surface area contributed by atoms with E-state index in [1.54, 1.807) is 6.20 Å². The lowest BCUT2D eigenvalue weighted by Gasteiger charge is -2.41. The van der Waals surface area contributed by atoms with Crippen LogP contribution in [-0.4, -0.2) is 89.1 Å². The first kappa shape index (κ1) is 25.5. The van der Waals surface area contributed by atoms with Gasteiger partial charge in [0.15, 0.2) is 0 Å². The number of likely N-dealkylation sites (N-methyl/N-ethyl adjacent to an activating group) is 1. The van der Waals surface area contributed by atoms with Crippen LogP contribution in [0.5, 0.6) is 0 Å². The lowest BCUT2D eigenvalue weighted by molar-refractivity contribution is -0.135. The fourth-order valence-corrected chi connectivity index (χ4v) is 5.36. The molecule has 1 atom stereocenters. The lowest BCUT2D eigenvalue weighted by atomic mass is 9.74. The van der Waals surface area contributed by atoms with Crippen LogP contribution in [0, 0.1) is 11.8 Å². The van der Waals surface area contributed by atoms with Gasteiger partial charge in [0.25, 0.3) is 5.91 Å². The Morgan fingerprint density at radius 1 is 1.27 bits per heavy atom. The van der Waals surface area contributed by atoms with Crippen LogP contribution in [0.3, 0.4) is 0 Å². The minimum atomic E-state index is -0.856. The lowest BCUT2D eigenvalue weighted by Crippen LogP contribution is -2.57. The van der Waals surface area contributed by atoms with Gasteiger partial charge in [-0.1, -0.05) is 31.7 Å². The summed E-state index contributed by atoms with van der Waals surface area (Å²) in [4.78, 5) is 48.6. The molecule has 1 aromatic rings. The summed E-state index contributed by atoms with van der Waals surface area (Å²) < 4.78 is 0. The van der Waals surface area contributed by atoms with Crippen molar-refractivity contribution in [2.24, 2.45) is 11.8 Å². The number of urea groups is 1. The topological polar surface area (TPSA) is 85.8 Å². The molecule has 2 aliphatic rings. The highest BCUT2D eigenvalue weighted by Gasteiger charge is 2.55. The quantitative estimate of drug-likeness (QED) is 0.414. The van der Waals surface area contributed by atoms with Gasteiger partial charge in [0.2, 0.25) is 5.91 Å². The third-order valence-electron chi connectivity index (χ3n) is 6.61. The number of aromatic nitrogens is 1. The van der Waals surface area contributed by atoms with Gasteiger partial charge >= 0.3 is 6.03 Å². The number of thioether (sulfide) groups is 1. The Morgan fingerprint density at radius 2 is 2.00 bits per heavy atom. The van der Waals surface area contributed by atoms with Crippen LogP contribution in [0.1, 0.15) is 39.5 Å². The molecule has 0 unspecified atom stereocenters. The van der Waals surface area contributed by atoms with Gasteiger partial charge in [-0.25, -0.2) is 9.78 Å². The zero-order chi connectivity index (χ0) is 24.0.